The molecule has 3 heteroatoms. The zero-order valence-corrected chi connectivity index (χ0v) is 10.7. The fourth-order valence-corrected chi connectivity index (χ4v) is 3.11. The lowest BCUT2D eigenvalue weighted by Gasteiger charge is -2.35. The van der Waals surface area contributed by atoms with Crippen molar-refractivity contribution in [2.75, 3.05) is 6.54 Å². The van der Waals surface area contributed by atoms with Crippen molar-refractivity contribution >= 4 is 0 Å². The van der Waals surface area contributed by atoms with Crippen molar-refractivity contribution in [2.24, 2.45) is 17.8 Å². The summed E-state index contributed by atoms with van der Waals surface area (Å²) in [6.07, 6.45) is 2.91. The number of hydrogen-bond acceptors (Lipinski definition) is 2. The molecule has 1 aliphatic rings. The third kappa shape index (κ3) is 2.01. The Kier molecular flexibility index (Phi) is 3.33. The highest BCUT2D eigenvalue weighted by atomic mass is 15.0. The minimum atomic E-state index is 0.426. The highest BCUT2D eigenvalue weighted by Gasteiger charge is 2.33. The van der Waals surface area contributed by atoms with Crippen molar-refractivity contribution in [1.82, 2.24) is 15.3 Å². The number of rotatable bonds is 3. The number of H-pyrrole nitrogens is 1. The van der Waals surface area contributed by atoms with Gasteiger partial charge in [0.15, 0.2) is 0 Å². The SMILES string of the molecule is CC(C)C(C(C)C)C1NCCc2[nH]cnc21. The summed E-state index contributed by atoms with van der Waals surface area (Å²) in [7, 11) is 0. The van der Waals surface area contributed by atoms with E-state index in [1.54, 1.807) is 0 Å². The van der Waals surface area contributed by atoms with Crippen LogP contribution >= 0.6 is 0 Å². The molecule has 2 heterocycles. The molecule has 16 heavy (non-hydrogen) atoms. The maximum absolute atomic E-state index is 4.51. The van der Waals surface area contributed by atoms with E-state index in [9.17, 15) is 0 Å². The van der Waals surface area contributed by atoms with Gasteiger partial charge in [-0.3, -0.25) is 0 Å². The average molecular weight is 221 g/mol. The van der Waals surface area contributed by atoms with Crippen LogP contribution in [-0.2, 0) is 6.42 Å². The van der Waals surface area contributed by atoms with E-state index >= 15 is 0 Å². The van der Waals surface area contributed by atoms with Crippen molar-refractivity contribution in [1.29, 1.82) is 0 Å². The second kappa shape index (κ2) is 4.58. The Hall–Kier alpha value is -0.830. The summed E-state index contributed by atoms with van der Waals surface area (Å²) in [6, 6.07) is 0.426. The van der Waals surface area contributed by atoms with Gasteiger partial charge in [-0.25, -0.2) is 4.98 Å². The van der Waals surface area contributed by atoms with Gasteiger partial charge in [-0.05, 0) is 17.8 Å². The van der Waals surface area contributed by atoms with Gasteiger partial charge < -0.3 is 10.3 Å². The van der Waals surface area contributed by atoms with E-state index in [4.69, 9.17) is 0 Å². The molecule has 90 valence electrons. The van der Waals surface area contributed by atoms with Gasteiger partial charge >= 0.3 is 0 Å². The average Bonchev–Trinajstić information content (AvgIpc) is 2.65. The number of aromatic amines is 1. The molecule has 1 aromatic heterocycles. The van der Waals surface area contributed by atoms with Crippen LogP contribution in [0, 0.1) is 17.8 Å². The van der Waals surface area contributed by atoms with Crippen molar-refractivity contribution < 1.29 is 0 Å². The first-order chi connectivity index (χ1) is 7.61. The van der Waals surface area contributed by atoms with Crippen LogP contribution in [0.4, 0.5) is 0 Å². The normalized spacial score (nSPS) is 20.8. The summed E-state index contributed by atoms with van der Waals surface area (Å²) in [5, 5.41) is 3.64. The molecule has 2 N–H and O–H groups in total. The quantitative estimate of drug-likeness (QED) is 0.823. The Morgan fingerprint density at radius 2 is 1.94 bits per heavy atom. The highest BCUT2D eigenvalue weighted by molar-refractivity contribution is 5.20. The molecule has 0 spiro atoms. The Balaban J connectivity index is 2.28. The van der Waals surface area contributed by atoms with Gasteiger partial charge in [0.25, 0.3) is 0 Å². The Morgan fingerprint density at radius 3 is 2.56 bits per heavy atom. The summed E-state index contributed by atoms with van der Waals surface area (Å²) in [5.41, 5.74) is 2.58. The highest BCUT2D eigenvalue weighted by Crippen LogP contribution is 2.35. The fraction of sp³-hybridized carbons (Fsp3) is 0.769. The fourth-order valence-electron chi connectivity index (χ4n) is 3.11. The number of nitrogens with zero attached hydrogens (tertiary/aromatic N) is 1. The molecule has 1 aliphatic heterocycles. The van der Waals surface area contributed by atoms with E-state index in [2.05, 4.69) is 43.0 Å². The number of aromatic nitrogens is 2. The first-order valence-corrected chi connectivity index (χ1v) is 6.36. The van der Waals surface area contributed by atoms with Gasteiger partial charge in [-0.15, -0.1) is 0 Å². The minimum Gasteiger partial charge on any atom is -0.348 e. The van der Waals surface area contributed by atoms with Gasteiger partial charge in [0, 0.05) is 18.7 Å². The zero-order valence-electron chi connectivity index (χ0n) is 10.7. The molecule has 1 atom stereocenters. The standard InChI is InChI=1S/C13H23N3/c1-8(2)11(9(3)4)13-12-10(5-6-14-13)15-7-16-12/h7-9,11,13-14H,5-6H2,1-4H3,(H,15,16). The number of fused-ring (bicyclic) bond motifs is 1. The summed E-state index contributed by atoms with van der Waals surface area (Å²) >= 11 is 0. The first kappa shape index (κ1) is 11.6. The second-order valence-corrected chi connectivity index (χ2v) is 5.51. The van der Waals surface area contributed by atoms with E-state index in [1.807, 2.05) is 6.33 Å². The molecule has 2 rings (SSSR count). The van der Waals surface area contributed by atoms with Crippen LogP contribution in [0.5, 0.6) is 0 Å². The molecule has 1 aromatic rings. The van der Waals surface area contributed by atoms with E-state index in [0.29, 0.717) is 23.8 Å². The van der Waals surface area contributed by atoms with Crippen LogP contribution in [0.15, 0.2) is 6.33 Å². The maximum atomic E-state index is 4.51. The third-order valence-electron chi connectivity index (χ3n) is 3.71. The van der Waals surface area contributed by atoms with Gasteiger partial charge in [0.05, 0.1) is 18.1 Å². The molecule has 0 aromatic carbocycles. The van der Waals surface area contributed by atoms with Crippen LogP contribution in [0.25, 0.3) is 0 Å². The van der Waals surface area contributed by atoms with Gasteiger partial charge in [-0.1, -0.05) is 27.7 Å². The lowest BCUT2D eigenvalue weighted by molar-refractivity contribution is 0.201. The van der Waals surface area contributed by atoms with E-state index in [0.717, 1.165) is 13.0 Å². The molecule has 0 radical (unpaired) electrons. The van der Waals surface area contributed by atoms with E-state index < -0.39 is 0 Å². The Bertz CT molecular complexity index is 333. The molecule has 0 saturated heterocycles. The van der Waals surface area contributed by atoms with Crippen LogP contribution in [0.3, 0.4) is 0 Å². The second-order valence-electron chi connectivity index (χ2n) is 5.51. The van der Waals surface area contributed by atoms with Crippen molar-refractivity contribution in [3.8, 4) is 0 Å². The van der Waals surface area contributed by atoms with Crippen LogP contribution in [0.1, 0.15) is 45.1 Å². The lowest BCUT2D eigenvalue weighted by Crippen LogP contribution is -2.39. The van der Waals surface area contributed by atoms with Gasteiger partial charge in [-0.2, -0.15) is 0 Å². The molecular weight excluding hydrogens is 198 g/mol. The van der Waals surface area contributed by atoms with Gasteiger partial charge in [0.1, 0.15) is 0 Å². The zero-order chi connectivity index (χ0) is 11.7. The molecule has 0 amide bonds. The van der Waals surface area contributed by atoms with Crippen molar-refractivity contribution in [3.63, 3.8) is 0 Å². The molecule has 1 unspecified atom stereocenters. The lowest BCUT2D eigenvalue weighted by atomic mass is 9.77. The molecule has 0 saturated carbocycles. The molecule has 0 bridgehead atoms. The molecule has 3 nitrogen and oxygen atoms in total. The maximum Gasteiger partial charge on any atom is 0.0925 e. The number of nitrogens with one attached hydrogen (secondary N) is 2. The summed E-state index contributed by atoms with van der Waals surface area (Å²) in [6.45, 7) is 10.3. The topological polar surface area (TPSA) is 40.7 Å². The van der Waals surface area contributed by atoms with Crippen LogP contribution in [0.2, 0.25) is 0 Å². The van der Waals surface area contributed by atoms with E-state index in [1.165, 1.54) is 11.4 Å². The Labute approximate surface area is 98.1 Å². The van der Waals surface area contributed by atoms with E-state index in [-0.39, 0.29) is 0 Å². The monoisotopic (exact) mass is 221 g/mol. The molecule has 0 fully saturated rings. The Morgan fingerprint density at radius 1 is 1.25 bits per heavy atom. The summed E-state index contributed by atoms with van der Waals surface area (Å²) < 4.78 is 0. The smallest absolute Gasteiger partial charge is 0.0925 e. The van der Waals surface area contributed by atoms with Crippen LogP contribution in [-0.4, -0.2) is 16.5 Å². The number of imidazole rings is 1. The van der Waals surface area contributed by atoms with Gasteiger partial charge in [0.2, 0.25) is 0 Å². The first-order valence-electron chi connectivity index (χ1n) is 6.36. The molecule has 0 aliphatic carbocycles. The predicted octanol–water partition coefficient (Wildman–Crippen LogP) is 2.52. The third-order valence-corrected chi connectivity index (χ3v) is 3.71. The number of hydrogen-bond donors (Lipinski definition) is 2. The molecular formula is C13H23N3. The summed E-state index contributed by atoms with van der Waals surface area (Å²) in [4.78, 5) is 7.78. The summed E-state index contributed by atoms with van der Waals surface area (Å²) in [5.74, 6) is 2.02. The predicted molar refractivity (Wildman–Crippen MR) is 66.2 cm³/mol. The van der Waals surface area contributed by atoms with Crippen LogP contribution < -0.4 is 5.32 Å². The van der Waals surface area contributed by atoms with Crippen molar-refractivity contribution in [2.45, 2.75) is 40.2 Å². The largest absolute Gasteiger partial charge is 0.348 e. The minimum absolute atomic E-state index is 0.426. The van der Waals surface area contributed by atoms with Crippen molar-refractivity contribution in [3.05, 3.63) is 17.7 Å².